The van der Waals surface area contributed by atoms with E-state index < -0.39 is 6.10 Å². The maximum Gasteiger partial charge on any atom is 0.229 e. The minimum atomic E-state index is -0.683. The quantitative estimate of drug-likeness (QED) is 0.250. The van der Waals surface area contributed by atoms with Crippen molar-refractivity contribution in [2.24, 2.45) is 5.73 Å². The second-order valence-corrected chi connectivity index (χ2v) is 9.03. The number of nitrogens with one attached hydrogen (secondary N) is 2. The van der Waals surface area contributed by atoms with Crippen molar-refractivity contribution in [3.63, 3.8) is 0 Å². The highest BCUT2D eigenvalue weighted by Crippen LogP contribution is 2.26. The lowest BCUT2D eigenvalue weighted by Crippen LogP contribution is -2.28. The van der Waals surface area contributed by atoms with E-state index in [1.807, 2.05) is 36.5 Å². The molecule has 0 bridgehead atoms. The Bertz CT molecular complexity index is 1500. The summed E-state index contributed by atoms with van der Waals surface area (Å²) in [6.45, 7) is 5.13. The van der Waals surface area contributed by atoms with Gasteiger partial charge in [-0.3, -0.25) is 0 Å². The highest BCUT2D eigenvalue weighted by Gasteiger charge is 2.16. The fourth-order valence-corrected chi connectivity index (χ4v) is 4.10. The lowest BCUT2D eigenvalue weighted by Gasteiger charge is -2.14. The molecule has 0 saturated carbocycles. The molecule has 0 aliphatic heterocycles. The Labute approximate surface area is 209 Å². The number of aromatic nitrogens is 5. The Morgan fingerprint density at radius 2 is 1.75 bits per heavy atom. The zero-order chi connectivity index (χ0) is 25.1. The third-order valence-corrected chi connectivity index (χ3v) is 6.11. The number of fused-ring (bicyclic) bond motifs is 2. The van der Waals surface area contributed by atoms with Crippen LogP contribution >= 0.6 is 0 Å². The number of rotatable bonds is 9. The number of benzene rings is 2. The average molecular weight is 483 g/mol. The fourth-order valence-electron chi connectivity index (χ4n) is 4.10. The summed E-state index contributed by atoms with van der Waals surface area (Å²) < 4.78 is 1.72. The van der Waals surface area contributed by atoms with Gasteiger partial charge in [-0.25, -0.2) is 4.98 Å². The Balaban J connectivity index is 1.47. The van der Waals surface area contributed by atoms with Gasteiger partial charge in [-0.15, -0.1) is 0 Å². The molecule has 0 amide bonds. The fraction of sp³-hybridized carbons (Fsp3) is 0.259. The number of aliphatic hydroxyl groups is 1. The van der Waals surface area contributed by atoms with Gasteiger partial charge in [0.05, 0.1) is 23.5 Å². The Hall–Kier alpha value is -4.08. The first kappa shape index (κ1) is 23.7. The van der Waals surface area contributed by atoms with Crippen LogP contribution in [0.1, 0.15) is 30.9 Å². The normalized spacial score (nSPS) is 12.4. The number of hydrogen-bond donors (Lipinski definition) is 4. The second-order valence-electron chi connectivity index (χ2n) is 9.03. The number of hydrogen-bond acceptors (Lipinski definition) is 8. The van der Waals surface area contributed by atoms with Gasteiger partial charge in [-0.05, 0) is 23.6 Å². The molecule has 0 spiro atoms. The average Bonchev–Trinajstić information content (AvgIpc) is 3.35. The van der Waals surface area contributed by atoms with Crippen molar-refractivity contribution in [3.8, 4) is 11.3 Å². The molecule has 1 atom stereocenters. The molecule has 0 unspecified atom stereocenters. The number of nitrogens with zero attached hydrogens (tertiary/aromatic N) is 5. The van der Waals surface area contributed by atoms with Crippen LogP contribution in [0.25, 0.3) is 27.8 Å². The molecule has 5 aromatic rings. The van der Waals surface area contributed by atoms with Gasteiger partial charge in [0, 0.05) is 36.1 Å². The van der Waals surface area contributed by atoms with E-state index in [2.05, 4.69) is 69.9 Å². The minimum absolute atomic E-state index is 0.157. The van der Waals surface area contributed by atoms with Crippen LogP contribution in [0.4, 0.5) is 11.9 Å². The van der Waals surface area contributed by atoms with Crippen molar-refractivity contribution in [1.29, 1.82) is 0 Å². The maximum absolute atomic E-state index is 9.88. The molecule has 5 rings (SSSR count). The molecular formula is C27H30N8O. The lowest BCUT2D eigenvalue weighted by atomic mass is 10.0. The predicted molar refractivity (Wildman–Crippen MR) is 143 cm³/mol. The van der Waals surface area contributed by atoms with E-state index in [-0.39, 0.29) is 19.0 Å². The van der Waals surface area contributed by atoms with Crippen molar-refractivity contribution >= 4 is 28.4 Å². The van der Waals surface area contributed by atoms with Gasteiger partial charge in [0.2, 0.25) is 11.9 Å². The summed E-state index contributed by atoms with van der Waals surface area (Å²) in [5.74, 6) is 1.20. The number of nitrogens with two attached hydrogens (primary N) is 1. The summed E-state index contributed by atoms with van der Waals surface area (Å²) in [5, 5.41) is 22.1. The van der Waals surface area contributed by atoms with Gasteiger partial charge in [-0.2, -0.15) is 19.6 Å². The van der Waals surface area contributed by atoms with Crippen LogP contribution in [0.5, 0.6) is 0 Å². The highest BCUT2D eigenvalue weighted by molar-refractivity contribution is 5.82. The Morgan fingerprint density at radius 3 is 2.58 bits per heavy atom. The SMILES string of the molecule is CC(C)c1cnn2c(NCc3ccccc3-c3ccc4ccccc4n3)nc(NC[C@H](O)CN)nc12. The first-order chi connectivity index (χ1) is 17.5. The molecule has 0 saturated heterocycles. The molecule has 0 aliphatic rings. The molecule has 0 radical (unpaired) electrons. The van der Waals surface area contributed by atoms with Gasteiger partial charge in [0.25, 0.3) is 0 Å². The summed E-state index contributed by atoms with van der Waals surface area (Å²) in [7, 11) is 0. The summed E-state index contributed by atoms with van der Waals surface area (Å²) in [5.41, 5.74) is 11.3. The van der Waals surface area contributed by atoms with Crippen LogP contribution < -0.4 is 16.4 Å². The Morgan fingerprint density at radius 1 is 0.944 bits per heavy atom. The van der Waals surface area contributed by atoms with E-state index in [1.165, 1.54) is 0 Å². The smallest absolute Gasteiger partial charge is 0.229 e. The highest BCUT2D eigenvalue weighted by atomic mass is 16.3. The monoisotopic (exact) mass is 482 g/mol. The second kappa shape index (κ2) is 10.3. The number of para-hydroxylation sites is 1. The van der Waals surface area contributed by atoms with Crippen LogP contribution in [0.3, 0.4) is 0 Å². The van der Waals surface area contributed by atoms with Crippen molar-refractivity contribution in [2.75, 3.05) is 23.7 Å². The van der Waals surface area contributed by atoms with Crippen LogP contribution in [0, 0.1) is 0 Å². The molecule has 184 valence electrons. The molecule has 5 N–H and O–H groups in total. The zero-order valence-electron chi connectivity index (χ0n) is 20.4. The number of aliphatic hydroxyl groups excluding tert-OH is 1. The largest absolute Gasteiger partial charge is 0.390 e. The van der Waals surface area contributed by atoms with E-state index in [1.54, 1.807) is 4.52 Å². The Kier molecular flexibility index (Phi) is 6.75. The zero-order valence-corrected chi connectivity index (χ0v) is 20.4. The number of anilines is 2. The van der Waals surface area contributed by atoms with E-state index in [0.717, 1.165) is 38.9 Å². The summed E-state index contributed by atoms with van der Waals surface area (Å²) in [4.78, 5) is 14.2. The third-order valence-electron chi connectivity index (χ3n) is 6.11. The van der Waals surface area contributed by atoms with Crippen LogP contribution in [-0.4, -0.2) is 48.9 Å². The molecule has 3 aromatic heterocycles. The lowest BCUT2D eigenvalue weighted by molar-refractivity contribution is 0.196. The van der Waals surface area contributed by atoms with Gasteiger partial charge >= 0.3 is 0 Å². The molecule has 0 fully saturated rings. The minimum Gasteiger partial charge on any atom is -0.390 e. The predicted octanol–water partition coefficient (Wildman–Crippen LogP) is 3.81. The molecule has 0 aliphatic carbocycles. The van der Waals surface area contributed by atoms with Crippen molar-refractivity contribution in [1.82, 2.24) is 24.6 Å². The molecule has 3 heterocycles. The van der Waals surface area contributed by atoms with Crippen molar-refractivity contribution in [2.45, 2.75) is 32.4 Å². The standard InChI is InChI=1S/C27H30N8O/c1-17(2)22-16-31-35-25(22)33-26(29-15-20(36)13-28)34-27(35)30-14-19-8-3-5-9-21(19)24-12-11-18-7-4-6-10-23(18)32-24/h3-12,16-17,20,36H,13-15,28H2,1-2H3,(H2,29,30,33,34)/t20-/m1/s1. The summed E-state index contributed by atoms with van der Waals surface area (Å²) >= 11 is 0. The van der Waals surface area contributed by atoms with E-state index >= 15 is 0 Å². The maximum atomic E-state index is 9.88. The molecule has 36 heavy (non-hydrogen) atoms. The van der Waals surface area contributed by atoms with Crippen LogP contribution in [-0.2, 0) is 6.54 Å². The molecule has 9 nitrogen and oxygen atoms in total. The topological polar surface area (TPSA) is 126 Å². The van der Waals surface area contributed by atoms with E-state index in [9.17, 15) is 5.11 Å². The van der Waals surface area contributed by atoms with Gasteiger partial charge in [0.15, 0.2) is 5.65 Å². The van der Waals surface area contributed by atoms with Crippen molar-refractivity contribution in [3.05, 3.63) is 78.0 Å². The number of pyridine rings is 1. The molecule has 9 heteroatoms. The van der Waals surface area contributed by atoms with Crippen molar-refractivity contribution < 1.29 is 5.11 Å². The first-order valence-corrected chi connectivity index (χ1v) is 12.1. The summed E-state index contributed by atoms with van der Waals surface area (Å²) in [6, 6.07) is 20.5. The molecular weight excluding hydrogens is 452 g/mol. The van der Waals surface area contributed by atoms with E-state index in [4.69, 9.17) is 10.7 Å². The van der Waals surface area contributed by atoms with Gasteiger partial charge in [0.1, 0.15) is 0 Å². The van der Waals surface area contributed by atoms with E-state index in [0.29, 0.717) is 18.4 Å². The summed E-state index contributed by atoms with van der Waals surface area (Å²) in [6.07, 6.45) is 1.14. The molecule has 2 aromatic carbocycles. The van der Waals surface area contributed by atoms with Crippen LogP contribution in [0.2, 0.25) is 0 Å². The van der Waals surface area contributed by atoms with Gasteiger partial charge in [-0.1, -0.05) is 62.4 Å². The van der Waals surface area contributed by atoms with Gasteiger partial charge < -0.3 is 21.5 Å². The van der Waals surface area contributed by atoms with Crippen LogP contribution in [0.15, 0.2) is 66.9 Å². The first-order valence-electron chi connectivity index (χ1n) is 12.1. The third kappa shape index (κ3) is 4.84.